The Labute approximate surface area is 761 Å². The fourth-order valence-electron chi connectivity index (χ4n) is 20.8. The summed E-state index contributed by atoms with van der Waals surface area (Å²) in [6.07, 6.45) is 0. The van der Waals surface area contributed by atoms with E-state index in [9.17, 15) is 0 Å². The molecule has 0 spiro atoms. The van der Waals surface area contributed by atoms with Gasteiger partial charge in [-0.25, -0.2) is 0 Å². The standard InChI is InChI=1S/C66H51NS2.C56H54S2/c1-38-16-14-17-39(2)60(38)50-37-57-63-53(35-55-49-33-47(29-31-58(49)68-65(55)57)67(45-20-10-8-11-21-45)46-22-12-9-13-23-46)51(61-40(3)18-15-19-41(61)4)36-56-62(63)52(50)34-54-48-30-26-43(32-59(48)69-64(54)56)42-24-27-44(28-25-42)66(5,6)7;1-53(2,3)33-17-13-31(14-18-33)37-27-45-50-42(30-44-40-26-36(56(10,11)12)22-24-48(40)57-51(44)45)38(32-15-19-34(20-16-32)54(4,5)6)28-46-49(50)41(37)29-43-39-25-35(55(7,8)9)21-23-47(39)58-52(43)46/h8-37H,1-7H3;13-30H,1-12H3. The maximum Gasteiger partial charge on any atom is 0.0468 e. The van der Waals surface area contributed by atoms with Crippen molar-refractivity contribution in [2.24, 2.45) is 0 Å². The summed E-state index contributed by atoms with van der Waals surface area (Å²) in [5.74, 6) is 0. The molecule has 0 aliphatic rings. The molecule has 0 radical (unpaired) electrons. The molecular formula is C122H105NS4. The molecule has 0 amide bonds. The number of anilines is 3. The van der Waals surface area contributed by atoms with Crippen molar-refractivity contribution in [3.63, 3.8) is 0 Å². The fourth-order valence-corrected chi connectivity index (χ4v) is 25.6. The van der Waals surface area contributed by atoms with E-state index in [2.05, 4.69) is 428 Å². The first-order valence-electron chi connectivity index (χ1n) is 45.1. The lowest BCUT2D eigenvalue weighted by Gasteiger charge is -2.25. The third kappa shape index (κ3) is 13.3. The second-order valence-corrected chi connectivity index (χ2v) is 45.5. The lowest BCUT2D eigenvalue weighted by Crippen LogP contribution is -2.10. The van der Waals surface area contributed by atoms with Gasteiger partial charge in [-0.2, -0.15) is 0 Å². The Hall–Kier alpha value is -12.1. The van der Waals surface area contributed by atoms with Crippen molar-refractivity contribution in [1.82, 2.24) is 0 Å². The van der Waals surface area contributed by atoms with Gasteiger partial charge in [0.15, 0.2) is 0 Å². The third-order valence-corrected chi connectivity index (χ3v) is 32.6. The van der Waals surface area contributed by atoms with Gasteiger partial charge in [-0.1, -0.05) is 274 Å². The van der Waals surface area contributed by atoms with Gasteiger partial charge < -0.3 is 4.90 Å². The highest BCUT2D eigenvalue weighted by molar-refractivity contribution is 7.28. The zero-order chi connectivity index (χ0) is 87.7. The number of rotatable bonds is 8. The Bertz CT molecular complexity index is 8130. The molecule has 0 bridgehead atoms. The van der Waals surface area contributed by atoms with E-state index in [4.69, 9.17) is 0 Å². The Balaban J connectivity index is 0.000000152. The topological polar surface area (TPSA) is 3.24 Å². The van der Waals surface area contributed by atoms with E-state index in [1.165, 1.54) is 251 Å². The average Bonchev–Trinajstić information content (AvgIpc) is 1.67. The second-order valence-electron chi connectivity index (χ2n) is 41.3. The summed E-state index contributed by atoms with van der Waals surface area (Å²) in [5, 5.41) is 26.9. The van der Waals surface area contributed by atoms with Crippen LogP contribution >= 0.6 is 45.3 Å². The van der Waals surface area contributed by atoms with Crippen LogP contribution in [-0.4, -0.2) is 0 Å². The maximum absolute atomic E-state index is 2.58. The van der Waals surface area contributed by atoms with E-state index >= 15 is 0 Å². The number of thiophene rings is 4. The van der Waals surface area contributed by atoms with Crippen LogP contribution in [0, 0.1) is 27.7 Å². The Morgan fingerprint density at radius 2 is 0.488 bits per heavy atom. The molecule has 23 rings (SSSR count). The number of benzene rings is 19. The van der Waals surface area contributed by atoms with E-state index in [0.29, 0.717) is 0 Å². The van der Waals surface area contributed by atoms with Crippen LogP contribution in [0.1, 0.15) is 154 Å². The van der Waals surface area contributed by atoms with Crippen LogP contribution in [0.25, 0.3) is 201 Å². The Morgan fingerprint density at radius 1 is 0.189 bits per heavy atom. The molecule has 0 saturated heterocycles. The normalized spacial score (nSPS) is 12.8. The molecule has 23 aromatic rings. The van der Waals surface area contributed by atoms with Crippen molar-refractivity contribution in [1.29, 1.82) is 0 Å². The molecule has 4 heterocycles. The predicted octanol–water partition coefficient (Wildman–Crippen LogP) is 38.2. The number of aryl methyl sites for hydroxylation is 4. The van der Waals surface area contributed by atoms with Gasteiger partial charge in [-0.3, -0.25) is 0 Å². The van der Waals surface area contributed by atoms with Gasteiger partial charge in [0, 0.05) is 119 Å². The molecule has 19 aromatic carbocycles. The van der Waals surface area contributed by atoms with Crippen LogP contribution in [0.15, 0.2) is 291 Å². The monoisotopic (exact) mass is 1710 g/mol. The van der Waals surface area contributed by atoms with Gasteiger partial charge in [-0.15, -0.1) is 45.3 Å². The van der Waals surface area contributed by atoms with Crippen LogP contribution in [0.3, 0.4) is 0 Å². The van der Waals surface area contributed by atoms with Crippen LogP contribution < -0.4 is 4.90 Å². The summed E-state index contributed by atoms with van der Waals surface area (Å²) >= 11 is 7.82. The maximum atomic E-state index is 2.58. The number of nitrogens with zero attached hydrogens (tertiary/aromatic N) is 1. The van der Waals surface area contributed by atoms with Crippen LogP contribution in [0.4, 0.5) is 17.1 Å². The van der Waals surface area contributed by atoms with Crippen LogP contribution in [0.2, 0.25) is 0 Å². The van der Waals surface area contributed by atoms with Crippen molar-refractivity contribution < 1.29 is 0 Å². The van der Waals surface area contributed by atoms with Gasteiger partial charge in [0.05, 0.1) is 0 Å². The summed E-state index contributed by atoms with van der Waals surface area (Å²) in [7, 11) is 0. The SMILES string of the molecule is CC(C)(C)c1ccc(-c2cc3c4sc5ccc(C(C)(C)C)cc5c4cc4c(-c5ccc(C(C)(C)C)cc5)cc5c6sc7ccc(C(C)(C)C)cc7c6cc2c5c43)cc1.Cc1cccc(C)c1-c1cc2c3sc4ccc(N(c5ccccc5)c5ccccc5)cc4c3cc3c(-c4c(C)cccc4C)cc4c5sc6cc(-c7ccc(C(C)(C)C)cc7)ccc6c5cc1c4c32. The molecule has 622 valence electrons. The average molecular weight is 1710 g/mol. The minimum absolute atomic E-state index is 0.0637. The second kappa shape index (κ2) is 29.2. The quantitative estimate of drug-likeness (QED) is 0.137. The summed E-state index contributed by atoms with van der Waals surface area (Å²) in [6.45, 7) is 43.8. The van der Waals surface area contributed by atoms with Gasteiger partial charge in [0.1, 0.15) is 0 Å². The Morgan fingerprint density at radius 3 is 0.850 bits per heavy atom. The third-order valence-electron chi connectivity index (χ3n) is 27.7. The highest BCUT2D eigenvalue weighted by Gasteiger charge is 2.31. The summed E-state index contributed by atoms with van der Waals surface area (Å²) in [5.41, 5.74) is 28.8. The van der Waals surface area contributed by atoms with Crippen molar-refractivity contribution in [2.45, 2.75) is 159 Å². The molecule has 5 heteroatoms. The number of fused-ring (bicyclic) bond motifs is 16. The molecule has 0 fully saturated rings. The predicted molar refractivity (Wildman–Crippen MR) is 566 cm³/mol. The highest BCUT2D eigenvalue weighted by Crippen LogP contribution is 2.58. The summed E-state index contributed by atoms with van der Waals surface area (Å²) < 4.78 is 10.8. The van der Waals surface area contributed by atoms with Crippen molar-refractivity contribution in [3.05, 3.63) is 341 Å². The van der Waals surface area contributed by atoms with Gasteiger partial charge in [-0.05, 0) is 325 Å². The Kier molecular flexibility index (Phi) is 18.6. The van der Waals surface area contributed by atoms with E-state index in [1.54, 1.807) is 0 Å². The minimum Gasteiger partial charge on any atom is -0.310 e. The number of hydrogen-bond donors (Lipinski definition) is 0. The van der Waals surface area contributed by atoms with Gasteiger partial charge in [0.25, 0.3) is 0 Å². The molecule has 0 N–H and O–H groups in total. The summed E-state index contributed by atoms with van der Waals surface area (Å²) in [6, 6.07) is 112. The van der Waals surface area contributed by atoms with Gasteiger partial charge >= 0.3 is 0 Å². The minimum atomic E-state index is 0.0637. The lowest BCUT2D eigenvalue weighted by atomic mass is 9.82. The molecule has 0 aliphatic carbocycles. The van der Waals surface area contributed by atoms with Gasteiger partial charge in [0.2, 0.25) is 0 Å². The largest absolute Gasteiger partial charge is 0.310 e. The van der Waals surface area contributed by atoms with Crippen molar-refractivity contribution in [3.8, 4) is 55.6 Å². The van der Waals surface area contributed by atoms with Crippen molar-refractivity contribution >= 4 is 208 Å². The summed E-state index contributed by atoms with van der Waals surface area (Å²) in [4.78, 5) is 2.39. The molecule has 127 heavy (non-hydrogen) atoms. The highest BCUT2D eigenvalue weighted by atomic mass is 32.1. The zero-order valence-electron chi connectivity index (χ0n) is 76.3. The number of para-hydroxylation sites is 2. The van der Waals surface area contributed by atoms with E-state index in [0.717, 1.165) is 17.1 Å². The van der Waals surface area contributed by atoms with E-state index < -0.39 is 0 Å². The molecule has 4 aromatic heterocycles. The first-order chi connectivity index (χ1) is 60.7. The number of hydrogen-bond acceptors (Lipinski definition) is 5. The molecule has 0 atom stereocenters. The fraction of sp³-hybridized carbons (Fsp3) is 0.197. The van der Waals surface area contributed by atoms with Crippen LogP contribution in [-0.2, 0) is 27.1 Å². The lowest BCUT2D eigenvalue weighted by molar-refractivity contribution is 0.590. The molecular weight excluding hydrogens is 1610 g/mol. The molecule has 0 unspecified atom stereocenters. The van der Waals surface area contributed by atoms with E-state index in [-0.39, 0.29) is 27.1 Å². The smallest absolute Gasteiger partial charge is 0.0468 e. The first kappa shape index (κ1) is 80.7. The molecule has 1 nitrogen and oxygen atoms in total. The van der Waals surface area contributed by atoms with Crippen molar-refractivity contribution in [2.75, 3.05) is 4.90 Å². The first-order valence-corrected chi connectivity index (χ1v) is 48.4. The van der Waals surface area contributed by atoms with Crippen LogP contribution in [0.5, 0.6) is 0 Å². The zero-order valence-corrected chi connectivity index (χ0v) is 79.6. The van der Waals surface area contributed by atoms with E-state index in [1.807, 2.05) is 45.3 Å². The molecule has 0 saturated carbocycles. The molecule has 0 aliphatic heterocycles.